The van der Waals surface area contributed by atoms with E-state index in [2.05, 4.69) is 10.4 Å². The lowest BCUT2D eigenvalue weighted by molar-refractivity contribution is 0.0940. The van der Waals surface area contributed by atoms with Crippen LogP contribution >= 0.6 is 22.9 Å². The maximum absolute atomic E-state index is 11.8. The number of thiophene rings is 1. The molecule has 0 spiro atoms. The summed E-state index contributed by atoms with van der Waals surface area (Å²) >= 11 is 7.06. The van der Waals surface area contributed by atoms with Gasteiger partial charge in [-0.15, -0.1) is 11.3 Å². The number of hydrogen-bond acceptors (Lipinski definition) is 3. The lowest BCUT2D eigenvalue weighted by Crippen LogP contribution is -2.35. The quantitative estimate of drug-likeness (QED) is 0.927. The number of halogens is 1. The molecule has 0 saturated heterocycles. The maximum atomic E-state index is 11.8. The summed E-state index contributed by atoms with van der Waals surface area (Å²) in [4.78, 5) is 12.4. The van der Waals surface area contributed by atoms with Gasteiger partial charge in [-0.1, -0.05) is 11.6 Å². The van der Waals surface area contributed by atoms with E-state index >= 15 is 0 Å². The lowest BCUT2D eigenvalue weighted by atomic mass is 10.3. The molecule has 0 aliphatic heterocycles. The second-order valence-corrected chi connectivity index (χ2v) is 5.42. The number of carbonyl (C=O) groups is 1. The van der Waals surface area contributed by atoms with E-state index in [1.807, 2.05) is 19.2 Å². The summed E-state index contributed by atoms with van der Waals surface area (Å²) in [5, 5.41) is 6.99. The van der Waals surface area contributed by atoms with Crippen molar-refractivity contribution in [2.75, 3.05) is 0 Å². The van der Waals surface area contributed by atoms with Crippen molar-refractivity contribution in [2.45, 2.75) is 19.5 Å². The standard InChI is InChI=1S/C11H12ClN3OS/c1-8(7-15-6-2-5-13-15)14-11(16)9-3-4-10(12)17-9/h2-6,8H,7H2,1H3,(H,14,16)/t8-/m0/s1. The fraction of sp³-hybridized carbons (Fsp3) is 0.273. The third-order valence-corrected chi connectivity index (χ3v) is 3.42. The summed E-state index contributed by atoms with van der Waals surface area (Å²) in [5.74, 6) is -0.0958. The van der Waals surface area contributed by atoms with E-state index in [9.17, 15) is 4.79 Å². The van der Waals surface area contributed by atoms with Gasteiger partial charge in [-0.3, -0.25) is 9.48 Å². The molecule has 1 atom stereocenters. The van der Waals surface area contributed by atoms with E-state index in [0.29, 0.717) is 15.8 Å². The number of nitrogens with one attached hydrogen (secondary N) is 1. The molecule has 1 amide bonds. The topological polar surface area (TPSA) is 46.9 Å². The molecule has 0 fully saturated rings. The Morgan fingerprint density at radius 3 is 3.06 bits per heavy atom. The normalized spacial score (nSPS) is 12.4. The van der Waals surface area contributed by atoms with Gasteiger partial charge in [0.2, 0.25) is 0 Å². The minimum Gasteiger partial charge on any atom is -0.347 e. The van der Waals surface area contributed by atoms with Gasteiger partial charge in [-0.25, -0.2) is 0 Å². The summed E-state index contributed by atoms with van der Waals surface area (Å²) < 4.78 is 2.40. The third kappa shape index (κ3) is 3.31. The van der Waals surface area contributed by atoms with Crippen LogP contribution in [0, 0.1) is 0 Å². The Morgan fingerprint density at radius 2 is 2.47 bits per heavy atom. The van der Waals surface area contributed by atoms with Crippen LogP contribution in [-0.4, -0.2) is 21.7 Å². The highest BCUT2D eigenvalue weighted by atomic mass is 35.5. The summed E-state index contributed by atoms with van der Waals surface area (Å²) in [5.41, 5.74) is 0. The number of nitrogens with zero attached hydrogens (tertiary/aromatic N) is 2. The van der Waals surface area contributed by atoms with Crippen LogP contribution in [0.1, 0.15) is 16.6 Å². The van der Waals surface area contributed by atoms with Crippen molar-refractivity contribution in [1.29, 1.82) is 0 Å². The molecule has 1 N–H and O–H groups in total. The predicted molar refractivity (Wildman–Crippen MR) is 68.5 cm³/mol. The van der Waals surface area contributed by atoms with E-state index in [4.69, 9.17) is 11.6 Å². The largest absolute Gasteiger partial charge is 0.347 e. The molecule has 0 aliphatic rings. The molecule has 4 nitrogen and oxygen atoms in total. The van der Waals surface area contributed by atoms with Crippen molar-refractivity contribution in [3.63, 3.8) is 0 Å². The summed E-state index contributed by atoms with van der Waals surface area (Å²) in [7, 11) is 0. The van der Waals surface area contributed by atoms with E-state index < -0.39 is 0 Å². The zero-order valence-electron chi connectivity index (χ0n) is 9.26. The fourth-order valence-electron chi connectivity index (χ4n) is 1.47. The van der Waals surface area contributed by atoms with Gasteiger partial charge in [-0.2, -0.15) is 5.10 Å². The zero-order valence-corrected chi connectivity index (χ0v) is 10.8. The zero-order chi connectivity index (χ0) is 12.3. The Hall–Kier alpha value is -1.33. The van der Waals surface area contributed by atoms with E-state index in [-0.39, 0.29) is 11.9 Å². The Bertz CT molecular complexity index is 495. The van der Waals surface area contributed by atoms with Crippen LogP contribution in [0.2, 0.25) is 4.34 Å². The first-order chi connectivity index (χ1) is 8.15. The van der Waals surface area contributed by atoms with E-state index in [1.165, 1.54) is 11.3 Å². The molecule has 2 heterocycles. The second-order valence-electron chi connectivity index (χ2n) is 3.71. The lowest BCUT2D eigenvalue weighted by Gasteiger charge is -2.13. The van der Waals surface area contributed by atoms with Crippen LogP contribution in [0.15, 0.2) is 30.6 Å². The molecule has 2 aromatic rings. The molecule has 17 heavy (non-hydrogen) atoms. The highest BCUT2D eigenvalue weighted by Gasteiger charge is 2.12. The van der Waals surface area contributed by atoms with Gasteiger partial charge in [0.25, 0.3) is 5.91 Å². The van der Waals surface area contributed by atoms with Crippen molar-refractivity contribution < 1.29 is 4.79 Å². The van der Waals surface area contributed by atoms with Crippen LogP contribution in [0.3, 0.4) is 0 Å². The van der Waals surface area contributed by atoms with Crippen molar-refractivity contribution in [2.24, 2.45) is 0 Å². The first kappa shape index (κ1) is 12.1. The Morgan fingerprint density at radius 1 is 1.65 bits per heavy atom. The summed E-state index contributed by atoms with van der Waals surface area (Å²) in [6, 6.07) is 5.32. The van der Waals surface area contributed by atoms with Crippen LogP contribution < -0.4 is 5.32 Å². The molecule has 0 aromatic carbocycles. The number of aromatic nitrogens is 2. The Labute approximate surface area is 108 Å². The Balaban J connectivity index is 1.90. The molecule has 6 heteroatoms. The SMILES string of the molecule is C[C@@H](Cn1cccn1)NC(=O)c1ccc(Cl)s1. The molecule has 2 aromatic heterocycles. The number of rotatable bonds is 4. The predicted octanol–water partition coefficient (Wildman–Crippen LogP) is 2.42. The molecule has 0 bridgehead atoms. The monoisotopic (exact) mass is 269 g/mol. The molecule has 2 rings (SSSR count). The first-order valence-corrected chi connectivity index (χ1v) is 6.38. The molecule has 0 saturated carbocycles. The molecule has 0 unspecified atom stereocenters. The molecule has 0 aliphatic carbocycles. The fourth-order valence-corrected chi connectivity index (χ4v) is 2.41. The third-order valence-electron chi connectivity index (χ3n) is 2.19. The highest BCUT2D eigenvalue weighted by Crippen LogP contribution is 2.21. The molecule has 0 radical (unpaired) electrons. The summed E-state index contributed by atoms with van der Waals surface area (Å²) in [6.07, 6.45) is 3.58. The van der Waals surface area contributed by atoms with Crippen molar-refractivity contribution in [1.82, 2.24) is 15.1 Å². The van der Waals surface area contributed by atoms with Gasteiger partial charge >= 0.3 is 0 Å². The van der Waals surface area contributed by atoms with Gasteiger partial charge in [0, 0.05) is 18.4 Å². The molecular formula is C11H12ClN3OS. The van der Waals surface area contributed by atoms with Gasteiger partial charge < -0.3 is 5.32 Å². The average Bonchev–Trinajstić information content (AvgIpc) is 2.89. The average molecular weight is 270 g/mol. The van der Waals surface area contributed by atoms with Crippen LogP contribution in [0.25, 0.3) is 0 Å². The van der Waals surface area contributed by atoms with Crippen LogP contribution in [0.5, 0.6) is 0 Å². The Kier molecular flexibility index (Phi) is 3.81. The van der Waals surface area contributed by atoms with Crippen molar-refractivity contribution in [3.05, 3.63) is 39.8 Å². The number of hydrogen-bond donors (Lipinski definition) is 1. The first-order valence-electron chi connectivity index (χ1n) is 5.19. The molecular weight excluding hydrogens is 258 g/mol. The minimum absolute atomic E-state index is 0.0169. The van der Waals surface area contributed by atoms with Gasteiger partial charge in [-0.05, 0) is 25.1 Å². The highest BCUT2D eigenvalue weighted by molar-refractivity contribution is 7.17. The van der Waals surface area contributed by atoms with E-state index in [0.717, 1.165) is 0 Å². The van der Waals surface area contributed by atoms with Crippen molar-refractivity contribution >= 4 is 28.8 Å². The van der Waals surface area contributed by atoms with Gasteiger partial charge in [0.1, 0.15) is 0 Å². The maximum Gasteiger partial charge on any atom is 0.261 e. The smallest absolute Gasteiger partial charge is 0.261 e. The minimum atomic E-state index is -0.0958. The number of amides is 1. The number of carbonyl (C=O) groups excluding carboxylic acids is 1. The second kappa shape index (κ2) is 5.33. The van der Waals surface area contributed by atoms with Gasteiger partial charge in [0.05, 0.1) is 15.8 Å². The van der Waals surface area contributed by atoms with Crippen molar-refractivity contribution in [3.8, 4) is 0 Å². The summed E-state index contributed by atoms with van der Waals surface area (Å²) in [6.45, 7) is 2.59. The van der Waals surface area contributed by atoms with Crippen LogP contribution in [0.4, 0.5) is 0 Å². The van der Waals surface area contributed by atoms with E-state index in [1.54, 1.807) is 23.0 Å². The van der Waals surface area contributed by atoms with Gasteiger partial charge in [0.15, 0.2) is 0 Å². The van der Waals surface area contributed by atoms with Crippen LogP contribution in [-0.2, 0) is 6.54 Å². The molecule has 90 valence electrons.